The fraction of sp³-hybridized carbons (Fsp3) is 0.444. The van der Waals surface area contributed by atoms with Crippen LogP contribution in [0.3, 0.4) is 0 Å². The largest absolute Gasteiger partial charge is 0.489 e. The molecule has 22 heavy (non-hydrogen) atoms. The number of Topliss-reactive ketones (excluding diaryl/α,β-unsaturated/α-hetero) is 2. The quantitative estimate of drug-likeness (QED) is 0.576. The second-order valence-corrected chi connectivity index (χ2v) is 5.83. The van der Waals surface area contributed by atoms with E-state index < -0.39 is 5.41 Å². The second kappa shape index (κ2) is 6.77. The van der Waals surface area contributed by atoms with Crippen LogP contribution in [0.2, 0.25) is 0 Å². The molecule has 0 bridgehead atoms. The molecule has 0 unspecified atom stereocenters. The van der Waals surface area contributed by atoms with E-state index in [1.54, 1.807) is 6.92 Å². The Kier molecular flexibility index (Phi) is 5.53. The van der Waals surface area contributed by atoms with Crippen LogP contribution in [0.5, 0.6) is 0 Å². The lowest BCUT2D eigenvalue weighted by Crippen LogP contribution is -2.31. The van der Waals surface area contributed by atoms with Crippen molar-refractivity contribution < 1.29 is 19.1 Å². The Labute approximate surface area is 132 Å². The van der Waals surface area contributed by atoms with Gasteiger partial charge in [-0.15, -0.1) is 0 Å². The average molecular weight is 304 g/mol. The molecule has 0 saturated heterocycles. The van der Waals surface area contributed by atoms with Crippen LogP contribution in [0.1, 0.15) is 34.6 Å². The van der Waals surface area contributed by atoms with Crippen molar-refractivity contribution >= 4 is 11.6 Å². The van der Waals surface area contributed by atoms with Gasteiger partial charge < -0.3 is 9.47 Å². The number of ketones is 2. The maximum Gasteiger partial charge on any atom is 0.228 e. The zero-order chi connectivity index (χ0) is 17.1. The number of carbonyl (C=O) groups is 2. The maximum atomic E-state index is 12.7. The van der Waals surface area contributed by atoms with E-state index in [2.05, 4.69) is 0 Å². The fourth-order valence-electron chi connectivity index (χ4n) is 2.87. The summed E-state index contributed by atoms with van der Waals surface area (Å²) in [6.45, 7) is 9.37. The minimum absolute atomic E-state index is 0.0290. The number of hydrogen-bond donors (Lipinski definition) is 0. The number of rotatable bonds is 5. The summed E-state index contributed by atoms with van der Waals surface area (Å²) in [5.74, 6) is -0.665. The van der Waals surface area contributed by atoms with Crippen LogP contribution in [0.25, 0.3) is 0 Å². The molecule has 0 atom stereocenters. The first-order chi connectivity index (χ1) is 10.2. The molecule has 4 heteroatoms. The van der Waals surface area contributed by atoms with Crippen LogP contribution in [0.4, 0.5) is 0 Å². The predicted molar refractivity (Wildman–Crippen MR) is 86.1 cm³/mol. The zero-order valence-corrected chi connectivity index (χ0v) is 14.4. The van der Waals surface area contributed by atoms with E-state index in [-0.39, 0.29) is 23.1 Å². The van der Waals surface area contributed by atoms with Gasteiger partial charge in [0.1, 0.15) is 0 Å². The Morgan fingerprint density at radius 3 is 2.00 bits per heavy atom. The minimum Gasteiger partial charge on any atom is -0.489 e. The maximum absolute atomic E-state index is 12.7. The number of hydrogen-bond acceptors (Lipinski definition) is 4. The fourth-order valence-corrected chi connectivity index (χ4v) is 2.87. The molecule has 0 heterocycles. The van der Waals surface area contributed by atoms with Gasteiger partial charge in [0.2, 0.25) is 23.1 Å². The highest BCUT2D eigenvalue weighted by atomic mass is 16.5. The smallest absolute Gasteiger partial charge is 0.228 e. The first-order valence-electron chi connectivity index (χ1n) is 7.16. The van der Waals surface area contributed by atoms with Gasteiger partial charge in [0.05, 0.1) is 14.2 Å². The molecule has 1 aliphatic rings. The van der Waals surface area contributed by atoms with Crippen molar-refractivity contribution in [3.05, 3.63) is 46.5 Å². The van der Waals surface area contributed by atoms with Gasteiger partial charge >= 0.3 is 0 Å². The highest BCUT2D eigenvalue weighted by Gasteiger charge is 2.40. The zero-order valence-electron chi connectivity index (χ0n) is 14.4. The molecule has 0 spiro atoms. The summed E-state index contributed by atoms with van der Waals surface area (Å²) >= 11 is 0. The van der Waals surface area contributed by atoms with E-state index in [1.165, 1.54) is 14.2 Å². The van der Waals surface area contributed by atoms with Gasteiger partial charge in [-0.3, -0.25) is 9.59 Å². The molecule has 0 fully saturated rings. The van der Waals surface area contributed by atoms with Gasteiger partial charge in [-0.25, -0.2) is 0 Å². The lowest BCUT2D eigenvalue weighted by molar-refractivity contribution is -0.121. The number of carbonyl (C=O) groups excluding carboxylic acids is 2. The molecule has 0 aromatic carbocycles. The Morgan fingerprint density at radius 1 is 1.05 bits per heavy atom. The van der Waals surface area contributed by atoms with Crippen molar-refractivity contribution in [1.82, 2.24) is 0 Å². The number of allylic oxidation sites excluding steroid dienone is 6. The average Bonchev–Trinajstić information content (AvgIpc) is 2.41. The van der Waals surface area contributed by atoms with Gasteiger partial charge in [-0.05, 0) is 20.8 Å². The molecule has 1 aliphatic carbocycles. The highest BCUT2D eigenvalue weighted by molar-refractivity contribution is 6.24. The molecule has 0 radical (unpaired) electrons. The van der Waals surface area contributed by atoms with E-state index in [0.717, 1.165) is 5.57 Å². The molecule has 0 aromatic heterocycles. The van der Waals surface area contributed by atoms with E-state index >= 15 is 0 Å². The Hall–Kier alpha value is -2.10. The topological polar surface area (TPSA) is 52.6 Å². The predicted octanol–water partition coefficient (Wildman–Crippen LogP) is 3.51. The van der Waals surface area contributed by atoms with Crippen molar-refractivity contribution in [1.29, 1.82) is 0 Å². The number of ether oxygens (including phenoxy) is 2. The van der Waals surface area contributed by atoms with Crippen LogP contribution >= 0.6 is 0 Å². The molecule has 0 aromatic rings. The summed E-state index contributed by atoms with van der Waals surface area (Å²) in [5.41, 5.74) is 1.27. The van der Waals surface area contributed by atoms with Crippen LogP contribution in [0.15, 0.2) is 46.5 Å². The Bertz CT molecular complexity index is 613. The van der Waals surface area contributed by atoms with Gasteiger partial charge in [0.25, 0.3) is 0 Å². The highest BCUT2D eigenvalue weighted by Crippen LogP contribution is 2.38. The van der Waals surface area contributed by atoms with E-state index in [4.69, 9.17) is 9.47 Å². The van der Waals surface area contributed by atoms with E-state index in [0.29, 0.717) is 11.1 Å². The van der Waals surface area contributed by atoms with Crippen molar-refractivity contribution in [2.24, 2.45) is 5.41 Å². The Balaban J connectivity index is 3.47. The normalized spacial score (nSPS) is 17.7. The molecule has 4 nitrogen and oxygen atoms in total. The molecule has 0 N–H and O–H groups in total. The third-order valence-corrected chi connectivity index (χ3v) is 3.63. The van der Waals surface area contributed by atoms with Crippen LogP contribution in [-0.4, -0.2) is 25.8 Å². The molecule has 0 amide bonds. The van der Waals surface area contributed by atoms with Gasteiger partial charge in [0.15, 0.2) is 0 Å². The first kappa shape index (κ1) is 18.0. The van der Waals surface area contributed by atoms with Crippen molar-refractivity contribution in [3.8, 4) is 0 Å². The van der Waals surface area contributed by atoms with Gasteiger partial charge in [0, 0.05) is 16.6 Å². The first-order valence-corrected chi connectivity index (χ1v) is 7.16. The van der Waals surface area contributed by atoms with Crippen LogP contribution in [0, 0.1) is 5.41 Å². The molecule has 0 saturated carbocycles. The molecule has 120 valence electrons. The van der Waals surface area contributed by atoms with Gasteiger partial charge in [-0.2, -0.15) is 0 Å². The third-order valence-electron chi connectivity index (χ3n) is 3.63. The van der Waals surface area contributed by atoms with Crippen LogP contribution in [-0.2, 0) is 19.1 Å². The standard InChI is InChI=1S/C18H24O4/c1-8-9-11(2)10-18(4,5)13-12(3)14(19)16(21-6)17(22-7)15(13)20/h8-10H,1-7H3/b9-8-,11-10+. The van der Waals surface area contributed by atoms with E-state index in [1.807, 2.05) is 45.9 Å². The van der Waals surface area contributed by atoms with E-state index in [9.17, 15) is 9.59 Å². The minimum atomic E-state index is -0.594. The number of methoxy groups -OCH3 is 2. The van der Waals surface area contributed by atoms with Gasteiger partial charge in [-0.1, -0.05) is 37.6 Å². The summed E-state index contributed by atoms with van der Waals surface area (Å²) in [4.78, 5) is 25.2. The third kappa shape index (κ3) is 3.21. The lowest BCUT2D eigenvalue weighted by Gasteiger charge is -2.30. The molecular weight excluding hydrogens is 280 g/mol. The molecule has 1 rings (SSSR count). The summed E-state index contributed by atoms with van der Waals surface area (Å²) in [6, 6.07) is 0. The summed E-state index contributed by atoms with van der Waals surface area (Å²) in [6.07, 6.45) is 5.86. The summed E-state index contributed by atoms with van der Waals surface area (Å²) in [7, 11) is 2.73. The lowest BCUT2D eigenvalue weighted by atomic mass is 9.74. The Morgan fingerprint density at radius 2 is 1.55 bits per heavy atom. The van der Waals surface area contributed by atoms with Crippen molar-refractivity contribution in [3.63, 3.8) is 0 Å². The second-order valence-electron chi connectivity index (χ2n) is 5.83. The van der Waals surface area contributed by atoms with Crippen LogP contribution < -0.4 is 0 Å². The summed E-state index contributed by atoms with van der Waals surface area (Å²) < 4.78 is 10.2. The molecular formula is C18H24O4. The van der Waals surface area contributed by atoms with Crippen molar-refractivity contribution in [2.45, 2.75) is 34.6 Å². The summed E-state index contributed by atoms with van der Waals surface area (Å²) in [5, 5.41) is 0. The SMILES string of the molecule is C/C=C\C(C)=C\C(C)(C)C1=C(C)C(=O)C(OC)=C(OC)C1=O. The molecule has 0 aliphatic heterocycles. The monoisotopic (exact) mass is 304 g/mol. The van der Waals surface area contributed by atoms with Crippen molar-refractivity contribution in [2.75, 3.05) is 14.2 Å².